The molecule has 9 heteroatoms. The van der Waals surface area contributed by atoms with Gasteiger partial charge in [-0.15, -0.1) is 0 Å². The molecule has 0 spiro atoms. The topological polar surface area (TPSA) is 96.4 Å². The first-order chi connectivity index (χ1) is 14.3. The van der Waals surface area contributed by atoms with Crippen molar-refractivity contribution >= 4 is 26.8 Å². The van der Waals surface area contributed by atoms with Crippen molar-refractivity contribution in [2.45, 2.75) is 23.7 Å². The fourth-order valence-corrected chi connectivity index (χ4v) is 4.95. The number of piperidine rings is 1. The first kappa shape index (κ1) is 20.5. The molecule has 2 N–H and O–H groups in total. The van der Waals surface area contributed by atoms with Crippen molar-refractivity contribution in [3.63, 3.8) is 0 Å². The SMILES string of the molecule is CNS(=O)(=O)c1cc(C(=O)N2CCC(c3c[nH]c4ccc(OC)cc34)CC2)n(C)c1. The molecule has 8 nitrogen and oxygen atoms in total. The van der Waals surface area contributed by atoms with Crippen molar-refractivity contribution in [3.05, 3.63) is 47.9 Å². The summed E-state index contributed by atoms with van der Waals surface area (Å²) in [5.41, 5.74) is 2.70. The van der Waals surface area contributed by atoms with Gasteiger partial charge in [0.25, 0.3) is 5.91 Å². The van der Waals surface area contributed by atoms with Crippen LogP contribution in [0.4, 0.5) is 0 Å². The summed E-state index contributed by atoms with van der Waals surface area (Å²) in [5.74, 6) is 1.03. The molecule has 1 aliphatic heterocycles. The van der Waals surface area contributed by atoms with E-state index in [1.54, 1.807) is 23.6 Å². The van der Waals surface area contributed by atoms with E-state index in [9.17, 15) is 13.2 Å². The Kier molecular flexibility index (Phi) is 5.33. The Balaban J connectivity index is 1.50. The number of benzene rings is 1. The van der Waals surface area contributed by atoms with Crippen molar-refractivity contribution in [3.8, 4) is 5.75 Å². The molecule has 1 aliphatic rings. The van der Waals surface area contributed by atoms with Crippen molar-refractivity contribution in [1.29, 1.82) is 0 Å². The van der Waals surface area contributed by atoms with E-state index in [2.05, 4.69) is 15.9 Å². The number of amides is 1. The number of nitrogens with one attached hydrogen (secondary N) is 2. The van der Waals surface area contributed by atoms with Gasteiger partial charge in [-0.2, -0.15) is 0 Å². The van der Waals surface area contributed by atoms with Gasteiger partial charge in [0.1, 0.15) is 16.3 Å². The summed E-state index contributed by atoms with van der Waals surface area (Å²) >= 11 is 0. The van der Waals surface area contributed by atoms with Gasteiger partial charge in [-0.05, 0) is 55.6 Å². The maximum atomic E-state index is 13.0. The number of hydrogen-bond acceptors (Lipinski definition) is 4. The van der Waals surface area contributed by atoms with Crippen LogP contribution in [0.5, 0.6) is 5.75 Å². The summed E-state index contributed by atoms with van der Waals surface area (Å²) in [4.78, 5) is 18.2. The number of carbonyl (C=O) groups is 1. The number of aromatic nitrogens is 2. The zero-order valence-corrected chi connectivity index (χ0v) is 18.1. The molecule has 30 heavy (non-hydrogen) atoms. The van der Waals surface area contributed by atoms with E-state index in [0.717, 1.165) is 29.5 Å². The quantitative estimate of drug-likeness (QED) is 0.650. The summed E-state index contributed by atoms with van der Waals surface area (Å²) < 4.78 is 33.3. The van der Waals surface area contributed by atoms with E-state index < -0.39 is 10.0 Å². The number of aromatic amines is 1. The zero-order chi connectivity index (χ0) is 21.5. The number of methoxy groups -OCH3 is 1. The van der Waals surface area contributed by atoms with E-state index in [1.807, 2.05) is 18.2 Å². The van der Waals surface area contributed by atoms with Gasteiger partial charge in [0.05, 0.1) is 7.11 Å². The summed E-state index contributed by atoms with van der Waals surface area (Å²) in [6.07, 6.45) is 5.22. The molecule has 1 aromatic carbocycles. The number of ether oxygens (including phenoxy) is 1. The van der Waals surface area contributed by atoms with Gasteiger partial charge in [-0.1, -0.05) is 0 Å². The first-order valence-corrected chi connectivity index (χ1v) is 11.4. The lowest BCUT2D eigenvalue weighted by molar-refractivity contribution is 0.0703. The van der Waals surface area contributed by atoms with Gasteiger partial charge >= 0.3 is 0 Å². The number of H-pyrrole nitrogens is 1. The van der Waals surface area contributed by atoms with Gasteiger partial charge in [-0.25, -0.2) is 13.1 Å². The lowest BCUT2D eigenvalue weighted by atomic mass is 9.89. The molecular formula is C21H26N4O4S. The van der Waals surface area contributed by atoms with Gasteiger partial charge in [0, 0.05) is 43.4 Å². The summed E-state index contributed by atoms with van der Waals surface area (Å²) in [6, 6.07) is 7.44. The first-order valence-electron chi connectivity index (χ1n) is 9.88. The molecule has 160 valence electrons. The highest BCUT2D eigenvalue weighted by molar-refractivity contribution is 7.89. The molecule has 3 heterocycles. The lowest BCUT2D eigenvalue weighted by Crippen LogP contribution is -2.38. The van der Waals surface area contributed by atoms with Crippen LogP contribution >= 0.6 is 0 Å². The van der Waals surface area contributed by atoms with Crippen LogP contribution in [-0.4, -0.2) is 56.0 Å². The van der Waals surface area contributed by atoms with Crippen molar-refractivity contribution in [1.82, 2.24) is 19.2 Å². The predicted molar refractivity (Wildman–Crippen MR) is 114 cm³/mol. The Labute approximate surface area is 175 Å². The second-order valence-corrected chi connectivity index (χ2v) is 9.49. The average Bonchev–Trinajstić information content (AvgIpc) is 3.36. The normalized spacial score (nSPS) is 15.6. The van der Waals surface area contributed by atoms with Crippen molar-refractivity contribution in [2.75, 3.05) is 27.2 Å². The standard InChI is InChI=1S/C21H26N4O4S/c1-22-30(27,28)16-11-20(24(2)13-16)21(26)25-8-6-14(7-9-25)18-12-23-19-5-4-15(29-3)10-17(18)19/h4-5,10-14,22-23H,6-9H2,1-3H3. The maximum absolute atomic E-state index is 13.0. The Hall–Kier alpha value is -2.78. The Morgan fingerprint density at radius 2 is 1.97 bits per heavy atom. The molecule has 1 saturated heterocycles. The molecule has 4 rings (SSSR count). The maximum Gasteiger partial charge on any atom is 0.270 e. The Bertz CT molecular complexity index is 1190. The number of rotatable bonds is 5. The minimum Gasteiger partial charge on any atom is -0.497 e. The molecule has 1 amide bonds. The number of likely N-dealkylation sites (tertiary alicyclic amines) is 1. The molecular weight excluding hydrogens is 404 g/mol. The monoisotopic (exact) mass is 430 g/mol. The molecule has 0 radical (unpaired) electrons. The molecule has 0 atom stereocenters. The Morgan fingerprint density at radius 1 is 1.23 bits per heavy atom. The van der Waals surface area contributed by atoms with Crippen molar-refractivity contribution in [2.24, 2.45) is 7.05 Å². The van der Waals surface area contributed by atoms with Crippen LogP contribution in [0.25, 0.3) is 10.9 Å². The van der Waals surface area contributed by atoms with Crippen LogP contribution < -0.4 is 9.46 Å². The van der Waals surface area contributed by atoms with Gasteiger partial charge in [0.15, 0.2) is 0 Å². The highest BCUT2D eigenvalue weighted by atomic mass is 32.2. The van der Waals surface area contributed by atoms with Crippen LogP contribution in [0.2, 0.25) is 0 Å². The molecule has 0 saturated carbocycles. The molecule has 2 aromatic heterocycles. The van der Waals surface area contributed by atoms with Crippen molar-refractivity contribution < 1.29 is 17.9 Å². The third kappa shape index (κ3) is 3.59. The summed E-state index contributed by atoms with van der Waals surface area (Å²) in [6.45, 7) is 1.25. The summed E-state index contributed by atoms with van der Waals surface area (Å²) in [5, 5.41) is 1.16. The highest BCUT2D eigenvalue weighted by Crippen LogP contribution is 2.35. The third-order valence-electron chi connectivity index (χ3n) is 5.92. The predicted octanol–water partition coefficient (Wildman–Crippen LogP) is 2.44. The molecule has 0 unspecified atom stereocenters. The molecule has 0 bridgehead atoms. The second-order valence-electron chi connectivity index (χ2n) is 7.60. The van der Waals surface area contributed by atoms with Crippen LogP contribution in [0.15, 0.2) is 41.6 Å². The van der Waals surface area contributed by atoms with Crippen LogP contribution in [-0.2, 0) is 17.1 Å². The van der Waals surface area contributed by atoms with E-state index in [1.165, 1.54) is 24.9 Å². The van der Waals surface area contributed by atoms with E-state index in [-0.39, 0.29) is 10.8 Å². The lowest BCUT2D eigenvalue weighted by Gasteiger charge is -2.32. The number of sulfonamides is 1. The average molecular weight is 431 g/mol. The number of carbonyl (C=O) groups excluding carboxylic acids is 1. The minimum absolute atomic E-state index is 0.0958. The fourth-order valence-electron chi connectivity index (χ4n) is 4.15. The number of fused-ring (bicyclic) bond motifs is 1. The fraction of sp³-hybridized carbons (Fsp3) is 0.381. The van der Waals surface area contributed by atoms with Gasteiger partial charge in [-0.3, -0.25) is 4.79 Å². The largest absolute Gasteiger partial charge is 0.497 e. The van der Waals surface area contributed by atoms with E-state index in [0.29, 0.717) is 24.7 Å². The molecule has 0 aliphatic carbocycles. The number of nitrogens with zero attached hydrogens (tertiary/aromatic N) is 2. The Morgan fingerprint density at radius 3 is 2.63 bits per heavy atom. The number of aryl methyl sites for hydroxylation is 1. The molecule has 1 fully saturated rings. The molecule has 3 aromatic rings. The van der Waals surface area contributed by atoms with Gasteiger partial charge < -0.3 is 19.2 Å². The van der Waals surface area contributed by atoms with E-state index in [4.69, 9.17) is 4.74 Å². The van der Waals surface area contributed by atoms with Crippen LogP contribution in [0.1, 0.15) is 34.8 Å². The highest BCUT2D eigenvalue weighted by Gasteiger charge is 2.28. The third-order valence-corrected chi connectivity index (χ3v) is 7.30. The number of hydrogen-bond donors (Lipinski definition) is 2. The second kappa shape index (κ2) is 7.81. The summed E-state index contributed by atoms with van der Waals surface area (Å²) in [7, 11) is 1.12. The van der Waals surface area contributed by atoms with Gasteiger partial charge in [0.2, 0.25) is 10.0 Å². The van der Waals surface area contributed by atoms with Crippen LogP contribution in [0.3, 0.4) is 0 Å². The van der Waals surface area contributed by atoms with Crippen LogP contribution in [0, 0.1) is 0 Å². The minimum atomic E-state index is -3.58. The van der Waals surface area contributed by atoms with E-state index >= 15 is 0 Å². The zero-order valence-electron chi connectivity index (χ0n) is 17.3. The smallest absolute Gasteiger partial charge is 0.270 e.